The highest BCUT2D eigenvalue weighted by molar-refractivity contribution is 5.64. The van der Waals surface area contributed by atoms with E-state index in [0.29, 0.717) is 12.2 Å². The number of benzene rings is 1. The van der Waals surface area contributed by atoms with Crippen molar-refractivity contribution < 1.29 is 8.78 Å². The lowest BCUT2D eigenvalue weighted by Crippen LogP contribution is -2.35. The summed E-state index contributed by atoms with van der Waals surface area (Å²) < 4.78 is 27.5. The van der Waals surface area contributed by atoms with E-state index in [0.717, 1.165) is 5.56 Å². The van der Waals surface area contributed by atoms with Gasteiger partial charge in [-0.3, -0.25) is 5.10 Å². The summed E-state index contributed by atoms with van der Waals surface area (Å²) in [6.45, 7) is 6.56. The fourth-order valence-corrected chi connectivity index (χ4v) is 1.76. The fourth-order valence-electron chi connectivity index (χ4n) is 1.76. The second-order valence-electron chi connectivity index (χ2n) is 5.47. The molecular weight excluding hydrogens is 248 g/mol. The van der Waals surface area contributed by atoms with Gasteiger partial charge in [-0.1, -0.05) is 6.07 Å². The van der Waals surface area contributed by atoms with Crippen LogP contribution in [0.25, 0.3) is 11.3 Å². The number of hydrogen-bond donors (Lipinski definition) is 2. The van der Waals surface area contributed by atoms with Crippen LogP contribution in [-0.2, 0) is 6.54 Å². The maximum absolute atomic E-state index is 13.8. The van der Waals surface area contributed by atoms with Gasteiger partial charge in [0.25, 0.3) is 0 Å². The minimum Gasteiger partial charge on any atom is -0.308 e. The van der Waals surface area contributed by atoms with Crippen LogP contribution >= 0.6 is 0 Å². The molecule has 3 nitrogen and oxygen atoms in total. The summed E-state index contributed by atoms with van der Waals surface area (Å²) in [5, 5.41) is 9.82. The smallest absolute Gasteiger partial charge is 0.135 e. The van der Waals surface area contributed by atoms with Crippen molar-refractivity contribution >= 4 is 0 Å². The lowest BCUT2D eigenvalue weighted by atomic mass is 10.0. The average Bonchev–Trinajstić information content (AvgIpc) is 2.73. The Labute approximate surface area is 111 Å². The molecule has 1 aromatic heterocycles. The summed E-state index contributed by atoms with van der Waals surface area (Å²) in [5.41, 5.74) is 0.972. The molecule has 0 spiro atoms. The Hall–Kier alpha value is -1.75. The van der Waals surface area contributed by atoms with E-state index in [1.54, 1.807) is 6.20 Å². The molecule has 0 fully saturated rings. The molecule has 0 atom stereocenters. The van der Waals surface area contributed by atoms with E-state index >= 15 is 0 Å². The van der Waals surface area contributed by atoms with Gasteiger partial charge in [0.1, 0.15) is 11.6 Å². The Morgan fingerprint density at radius 1 is 1.21 bits per heavy atom. The van der Waals surface area contributed by atoms with Crippen molar-refractivity contribution in [2.45, 2.75) is 32.9 Å². The van der Waals surface area contributed by atoms with Crippen LogP contribution in [-0.4, -0.2) is 15.7 Å². The summed E-state index contributed by atoms with van der Waals surface area (Å²) in [6, 6.07) is 3.82. The van der Waals surface area contributed by atoms with Crippen molar-refractivity contribution in [1.29, 1.82) is 0 Å². The van der Waals surface area contributed by atoms with Crippen molar-refractivity contribution in [3.63, 3.8) is 0 Å². The molecule has 0 amide bonds. The number of H-pyrrole nitrogens is 1. The van der Waals surface area contributed by atoms with Crippen LogP contribution in [0.15, 0.2) is 24.4 Å². The van der Waals surface area contributed by atoms with Crippen molar-refractivity contribution in [2.24, 2.45) is 0 Å². The number of halogens is 2. The molecule has 0 aliphatic rings. The van der Waals surface area contributed by atoms with E-state index < -0.39 is 11.6 Å². The van der Waals surface area contributed by atoms with Crippen LogP contribution in [0.2, 0.25) is 0 Å². The Morgan fingerprint density at radius 3 is 2.42 bits per heavy atom. The summed E-state index contributed by atoms with van der Waals surface area (Å²) in [7, 11) is 0. The zero-order chi connectivity index (χ0) is 14.0. The largest absolute Gasteiger partial charge is 0.308 e. The highest BCUT2D eigenvalue weighted by Crippen LogP contribution is 2.27. The van der Waals surface area contributed by atoms with Crippen molar-refractivity contribution in [1.82, 2.24) is 15.5 Å². The monoisotopic (exact) mass is 265 g/mol. The van der Waals surface area contributed by atoms with E-state index in [9.17, 15) is 8.78 Å². The Balaban J connectivity index is 2.34. The number of aromatic amines is 1. The minimum absolute atomic E-state index is 0.0642. The highest BCUT2D eigenvalue weighted by Gasteiger charge is 2.17. The highest BCUT2D eigenvalue weighted by atomic mass is 19.1. The van der Waals surface area contributed by atoms with Gasteiger partial charge in [-0.25, -0.2) is 8.78 Å². The molecule has 0 bridgehead atoms. The number of rotatable bonds is 3. The fraction of sp³-hybridized carbons (Fsp3) is 0.357. The average molecular weight is 265 g/mol. The molecule has 0 aliphatic carbocycles. The molecule has 0 aliphatic heterocycles. The van der Waals surface area contributed by atoms with Gasteiger partial charge in [-0.15, -0.1) is 0 Å². The number of nitrogens with zero attached hydrogens (tertiary/aromatic N) is 1. The van der Waals surface area contributed by atoms with Gasteiger partial charge in [0, 0.05) is 17.6 Å². The summed E-state index contributed by atoms with van der Waals surface area (Å²) in [6.07, 6.45) is 1.58. The SMILES string of the molecule is CC(C)(C)NCc1cn[nH]c1-c1c(F)cccc1F. The van der Waals surface area contributed by atoms with Crippen LogP contribution in [0.5, 0.6) is 0 Å². The van der Waals surface area contributed by atoms with E-state index in [1.165, 1.54) is 18.2 Å². The van der Waals surface area contributed by atoms with Crippen molar-refractivity contribution in [3.05, 3.63) is 41.6 Å². The topological polar surface area (TPSA) is 40.7 Å². The van der Waals surface area contributed by atoms with Crippen LogP contribution in [0.3, 0.4) is 0 Å². The van der Waals surface area contributed by atoms with Gasteiger partial charge in [-0.2, -0.15) is 5.10 Å². The molecule has 2 rings (SSSR count). The van der Waals surface area contributed by atoms with Crippen LogP contribution < -0.4 is 5.32 Å². The number of hydrogen-bond acceptors (Lipinski definition) is 2. The second-order valence-corrected chi connectivity index (χ2v) is 5.47. The molecule has 0 saturated heterocycles. The first-order valence-corrected chi connectivity index (χ1v) is 6.10. The standard InChI is InChI=1S/C14H17F2N3/c1-14(2,3)17-7-9-8-18-19-13(9)12-10(15)5-4-6-11(12)16/h4-6,8,17H,7H2,1-3H3,(H,18,19). The van der Waals surface area contributed by atoms with E-state index in [4.69, 9.17) is 0 Å². The van der Waals surface area contributed by atoms with Crippen LogP contribution in [0.1, 0.15) is 26.3 Å². The first-order valence-electron chi connectivity index (χ1n) is 6.10. The first-order chi connectivity index (χ1) is 8.88. The van der Waals surface area contributed by atoms with Crippen molar-refractivity contribution in [2.75, 3.05) is 0 Å². The lowest BCUT2D eigenvalue weighted by molar-refractivity contribution is 0.424. The maximum Gasteiger partial charge on any atom is 0.135 e. The predicted octanol–water partition coefficient (Wildman–Crippen LogP) is 3.24. The molecule has 0 unspecified atom stereocenters. The van der Waals surface area contributed by atoms with Crippen LogP contribution in [0.4, 0.5) is 8.78 Å². The molecule has 102 valence electrons. The second kappa shape index (κ2) is 5.09. The van der Waals surface area contributed by atoms with Gasteiger partial charge in [0.05, 0.1) is 17.5 Å². The van der Waals surface area contributed by atoms with E-state index in [2.05, 4.69) is 15.5 Å². The molecule has 1 heterocycles. The van der Waals surface area contributed by atoms with Crippen LogP contribution in [0, 0.1) is 11.6 Å². The van der Waals surface area contributed by atoms with Gasteiger partial charge >= 0.3 is 0 Å². The minimum atomic E-state index is -0.596. The molecule has 1 aromatic carbocycles. The van der Waals surface area contributed by atoms with Gasteiger partial charge in [0.15, 0.2) is 0 Å². The number of aromatic nitrogens is 2. The van der Waals surface area contributed by atoms with Gasteiger partial charge < -0.3 is 5.32 Å². The quantitative estimate of drug-likeness (QED) is 0.894. The maximum atomic E-state index is 13.8. The third kappa shape index (κ3) is 3.17. The lowest BCUT2D eigenvalue weighted by Gasteiger charge is -2.20. The Kier molecular flexibility index (Phi) is 3.66. The Bertz CT molecular complexity index is 550. The summed E-state index contributed by atoms with van der Waals surface area (Å²) >= 11 is 0. The molecule has 5 heteroatoms. The molecule has 19 heavy (non-hydrogen) atoms. The first kappa shape index (κ1) is 13.7. The molecular formula is C14H17F2N3. The normalized spacial score (nSPS) is 11.8. The molecule has 2 aromatic rings. The Morgan fingerprint density at radius 2 is 1.84 bits per heavy atom. The molecule has 0 radical (unpaired) electrons. The molecule has 2 N–H and O–H groups in total. The van der Waals surface area contributed by atoms with Gasteiger partial charge in [0.2, 0.25) is 0 Å². The summed E-state index contributed by atoms with van der Waals surface area (Å²) in [4.78, 5) is 0. The van der Waals surface area contributed by atoms with E-state index in [1.807, 2.05) is 20.8 Å². The zero-order valence-corrected chi connectivity index (χ0v) is 11.2. The number of nitrogens with one attached hydrogen (secondary N) is 2. The predicted molar refractivity (Wildman–Crippen MR) is 70.5 cm³/mol. The third-order valence-corrected chi connectivity index (χ3v) is 2.74. The zero-order valence-electron chi connectivity index (χ0n) is 11.2. The third-order valence-electron chi connectivity index (χ3n) is 2.74. The molecule has 0 saturated carbocycles. The summed E-state index contributed by atoms with van der Waals surface area (Å²) in [5.74, 6) is -1.19. The van der Waals surface area contributed by atoms with E-state index in [-0.39, 0.29) is 11.1 Å². The van der Waals surface area contributed by atoms with Crippen molar-refractivity contribution in [3.8, 4) is 11.3 Å². The van der Waals surface area contributed by atoms with Gasteiger partial charge in [-0.05, 0) is 32.9 Å².